The number of para-hydroxylation sites is 2. The fourth-order valence-electron chi connectivity index (χ4n) is 1.44. The Kier molecular flexibility index (Phi) is 3.72. The topological polar surface area (TPSA) is 81.4 Å². The van der Waals surface area contributed by atoms with Gasteiger partial charge in [-0.05, 0) is 25.0 Å². The Morgan fingerprint density at radius 3 is 2.72 bits per heavy atom. The summed E-state index contributed by atoms with van der Waals surface area (Å²) < 4.78 is 31.6. The summed E-state index contributed by atoms with van der Waals surface area (Å²) >= 11 is 4.71. The van der Waals surface area contributed by atoms with E-state index >= 15 is 0 Å². The number of ether oxygens (including phenoxy) is 1. The molecular formula is C11H14N2O3S2. The Labute approximate surface area is 111 Å². The predicted octanol–water partition coefficient (Wildman–Crippen LogP) is 1.26. The summed E-state index contributed by atoms with van der Waals surface area (Å²) in [6.45, 7) is 0.0809. The van der Waals surface area contributed by atoms with Gasteiger partial charge in [0.2, 0.25) is 10.0 Å². The minimum Gasteiger partial charge on any atom is -0.484 e. The molecule has 0 saturated heterocycles. The van der Waals surface area contributed by atoms with Gasteiger partial charge in [-0.2, -0.15) is 0 Å². The molecule has 5 nitrogen and oxygen atoms in total. The number of hydrogen-bond donors (Lipinski definition) is 2. The number of hydrogen-bond acceptors (Lipinski definition) is 4. The van der Waals surface area contributed by atoms with Gasteiger partial charge in [0.25, 0.3) is 0 Å². The summed E-state index contributed by atoms with van der Waals surface area (Å²) in [6.07, 6.45) is 1.43. The van der Waals surface area contributed by atoms with Crippen LogP contribution in [0.5, 0.6) is 5.75 Å². The molecule has 1 aliphatic carbocycles. The van der Waals surface area contributed by atoms with Crippen molar-refractivity contribution in [2.24, 2.45) is 5.73 Å². The molecule has 0 heterocycles. The molecule has 0 amide bonds. The second-order valence-corrected chi connectivity index (χ2v) is 6.58. The number of sulfonamides is 1. The number of rotatable bonds is 6. The smallest absolute Gasteiger partial charge is 0.235 e. The van der Waals surface area contributed by atoms with Crippen molar-refractivity contribution in [3.63, 3.8) is 0 Å². The van der Waals surface area contributed by atoms with Crippen LogP contribution in [0.15, 0.2) is 24.3 Å². The summed E-state index contributed by atoms with van der Waals surface area (Å²) in [5.74, 6) is 0.425. The van der Waals surface area contributed by atoms with E-state index in [2.05, 4.69) is 4.72 Å². The maximum atomic E-state index is 11.8. The maximum Gasteiger partial charge on any atom is 0.235 e. The standard InChI is InChI=1S/C11H14N2O3S2/c12-11(17)7-16-10-4-2-1-3-9(10)13-18(14,15)8-5-6-8/h1-4,8,13H,5-7H2,(H2,12,17). The Balaban J connectivity index is 2.14. The van der Waals surface area contributed by atoms with Crippen molar-refractivity contribution >= 4 is 32.9 Å². The van der Waals surface area contributed by atoms with E-state index in [1.807, 2.05) is 0 Å². The molecule has 0 aromatic heterocycles. The van der Waals surface area contributed by atoms with Gasteiger partial charge in [0.05, 0.1) is 10.9 Å². The molecule has 1 aromatic rings. The zero-order valence-electron chi connectivity index (χ0n) is 9.63. The van der Waals surface area contributed by atoms with Gasteiger partial charge in [-0.15, -0.1) is 0 Å². The SMILES string of the molecule is NC(=S)COc1ccccc1NS(=O)(=O)C1CC1. The van der Waals surface area contributed by atoms with Gasteiger partial charge in [-0.3, -0.25) is 4.72 Å². The molecular weight excluding hydrogens is 272 g/mol. The summed E-state index contributed by atoms with van der Waals surface area (Å²) in [5, 5.41) is -0.277. The highest BCUT2D eigenvalue weighted by Gasteiger charge is 2.36. The van der Waals surface area contributed by atoms with E-state index in [9.17, 15) is 8.42 Å². The van der Waals surface area contributed by atoms with E-state index in [-0.39, 0.29) is 16.8 Å². The minimum atomic E-state index is -3.30. The van der Waals surface area contributed by atoms with Crippen LogP contribution in [0.2, 0.25) is 0 Å². The second kappa shape index (κ2) is 5.11. The zero-order chi connectivity index (χ0) is 13.2. The molecule has 0 aliphatic heterocycles. The third-order valence-electron chi connectivity index (χ3n) is 2.47. The van der Waals surface area contributed by atoms with Crippen molar-refractivity contribution in [2.75, 3.05) is 11.3 Å². The van der Waals surface area contributed by atoms with E-state index in [1.165, 1.54) is 0 Å². The lowest BCUT2D eigenvalue weighted by molar-refractivity contribution is 0.379. The van der Waals surface area contributed by atoms with Crippen LogP contribution < -0.4 is 15.2 Å². The van der Waals surface area contributed by atoms with Crippen LogP contribution in [0.3, 0.4) is 0 Å². The third kappa shape index (κ3) is 3.33. The predicted molar refractivity (Wildman–Crippen MR) is 74.3 cm³/mol. The monoisotopic (exact) mass is 286 g/mol. The Morgan fingerprint density at radius 1 is 1.44 bits per heavy atom. The van der Waals surface area contributed by atoms with Crippen LogP contribution in [0.4, 0.5) is 5.69 Å². The quantitative estimate of drug-likeness (QED) is 0.769. The molecule has 1 aromatic carbocycles. The first-order valence-electron chi connectivity index (χ1n) is 5.51. The fourth-order valence-corrected chi connectivity index (χ4v) is 2.90. The van der Waals surface area contributed by atoms with Crippen LogP contribution >= 0.6 is 12.2 Å². The molecule has 2 rings (SSSR count). The first kappa shape index (κ1) is 13.1. The minimum absolute atomic E-state index is 0.0809. The Hall–Kier alpha value is -1.34. The first-order valence-corrected chi connectivity index (χ1v) is 7.46. The lowest BCUT2D eigenvalue weighted by Gasteiger charge is -2.12. The molecule has 7 heteroatoms. The van der Waals surface area contributed by atoms with E-state index in [1.54, 1.807) is 24.3 Å². The van der Waals surface area contributed by atoms with Gasteiger partial charge < -0.3 is 10.5 Å². The molecule has 1 fully saturated rings. The summed E-state index contributed by atoms with van der Waals surface area (Å²) in [6, 6.07) is 6.81. The van der Waals surface area contributed by atoms with Crippen molar-refractivity contribution in [3.05, 3.63) is 24.3 Å². The summed E-state index contributed by atoms with van der Waals surface area (Å²) in [4.78, 5) is 0.217. The zero-order valence-corrected chi connectivity index (χ0v) is 11.3. The maximum absolute atomic E-state index is 11.8. The molecule has 18 heavy (non-hydrogen) atoms. The Morgan fingerprint density at radius 2 is 2.11 bits per heavy atom. The van der Waals surface area contributed by atoms with Crippen LogP contribution in [-0.2, 0) is 10.0 Å². The second-order valence-electron chi connectivity index (χ2n) is 4.10. The van der Waals surface area contributed by atoms with Crippen molar-refractivity contribution in [1.29, 1.82) is 0 Å². The molecule has 0 unspecified atom stereocenters. The highest BCUT2D eigenvalue weighted by Crippen LogP contribution is 2.32. The summed E-state index contributed by atoms with van der Waals surface area (Å²) in [7, 11) is -3.30. The molecule has 0 bridgehead atoms. The average molecular weight is 286 g/mol. The highest BCUT2D eigenvalue weighted by atomic mass is 32.2. The van der Waals surface area contributed by atoms with Gasteiger partial charge in [0, 0.05) is 0 Å². The van der Waals surface area contributed by atoms with Crippen molar-refractivity contribution < 1.29 is 13.2 Å². The van der Waals surface area contributed by atoms with Crippen molar-refractivity contribution in [3.8, 4) is 5.75 Å². The van der Waals surface area contributed by atoms with E-state index in [0.29, 0.717) is 24.3 Å². The number of thiocarbonyl (C=S) groups is 1. The van der Waals surface area contributed by atoms with Gasteiger partial charge >= 0.3 is 0 Å². The molecule has 3 N–H and O–H groups in total. The fraction of sp³-hybridized carbons (Fsp3) is 0.364. The van der Waals surface area contributed by atoms with Crippen LogP contribution in [0.1, 0.15) is 12.8 Å². The van der Waals surface area contributed by atoms with Crippen LogP contribution in [0.25, 0.3) is 0 Å². The number of benzene rings is 1. The molecule has 0 radical (unpaired) electrons. The van der Waals surface area contributed by atoms with Crippen LogP contribution in [0, 0.1) is 0 Å². The van der Waals surface area contributed by atoms with Crippen molar-refractivity contribution in [1.82, 2.24) is 0 Å². The first-order chi connectivity index (χ1) is 8.49. The largest absolute Gasteiger partial charge is 0.484 e. The number of nitrogens with two attached hydrogens (primary N) is 1. The Bertz CT molecular complexity index is 553. The third-order valence-corrected chi connectivity index (χ3v) is 4.44. The van der Waals surface area contributed by atoms with E-state index in [4.69, 9.17) is 22.7 Å². The number of anilines is 1. The van der Waals surface area contributed by atoms with Gasteiger partial charge in [0.15, 0.2) is 0 Å². The van der Waals surface area contributed by atoms with E-state index in [0.717, 1.165) is 0 Å². The number of nitrogens with one attached hydrogen (secondary N) is 1. The summed E-state index contributed by atoms with van der Waals surface area (Å²) in [5.41, 5.74) is 5.76. The molecule has 0 spiro atoms. The van der Waals surface area contributed by atoms with Crippen LogP contribution in [-0.4, -0.2) is 25.3 Å². The molecule has 0 atom stereocenters. The molecule has 1 aliphatic rings. The van der Waals surface area contributed by atoms with Crippen molar-refractivity contribution in [2.45, 2.75) is 18.1 Å². The van der Waals surface area contributed by atoms with Gasteiger partial charge in [-0.25, -0.2) is 8.42 Å². The lowest BCUT2D eigenvalue weighted by Crippen LogP contribution is -2.20. The lowest BCUT2D eigenvalue weighted by atomic mass is 10.3. The molecule has 1 saturated carbocycles. The van der Waals surface area contributed by atoms with Gasteiger partial charge in [0.1, 0.15) is 17.3 Å². The molecule has 98 valence electrons. The highest BCUT2D eigenvalue weighted by molar-refractivity contribution is 7.93. The normalized spacial score (nSPS) is 15.1. The van der Waals surface area contributed by atoms with Gasteiger partial charge in [-0.1, -0.05) is 24.4 Å². The average Bonchev–Trinajstić information content (AvgIpc) is 3.11. The van der Waals surface area contributed by atoms with E-state index < -0.39 is 10.0 Å².